The van der Waals surface area contributed by atoms with Crippen LogP contribution in [0.1, 0.15) is 30.1 Å². The lowest BCUT2D eigenvalue weighted by atomic mass is 10.0. The van der Waals surface area contributed by atoms with E-state index in [1.54, 1.807) is 23.0 Å². The van der Waals surface area contributed by atoms with Gasteiger partial charge in [0.15, 0.2) is 0 Å². The van der Waals surface area contributed by atoms with E-state index < -0.39 is 5.82 Å². The molecule has 7 nitrogen and oxygen atoms in total. The van der Waals surface area contributed by atoms with Gasteiger partial charge in [0.1, 0.15) is 11.3 Å². The Labute approximate surface area is 191 Å². The van der Waals surface area contributed by atoms with E-state index in [0.717, 1.165) is 43.5 Å². The van der Waals surface area contributed by atoms with Crippen LogP contribution in [-0.2, 0) is 7.05 Å². The Morgan fingerprint density at radius 3 is 2.79 bits per heavy atom. The zero-order valence-electron chi connectivity index (χ0n) is 18.8. The molecule has 0 spiro atoms. The smallest absolute Gasteiger partial charge is 0.257 e. The van der Waals surface area contributed by atoms with E-state index in [1.807, 2.05) is 25.4 Å². The van der Waals surface area contributed by atoms with Gasteiger partial charge in [-0.25, -0.2) is 4.39 Å². The van der Waals surface area contributed by atoms with Crippen LogP contribution >= 0.6 is 0 Å². The number of anilines is 2. The van der Waals surface area contributed by atoms with Crippen molar-refractivity contribution in [3.8, 4) is 0 Å². The summed E-state index contributed by atoms with van der Waals surface area (Å²) >= 11 is 0. The SMILES string of the molecule is CCNC1CCN(c2ccc(C(=O)Nc3cc(F)c4cnccc4c3)c3nn(C)cc23)CC1. The van der Waals surface area contributed by atoms with Crippen molar-refractivity contribution in [2.24, 2.45) is 7.05 Å². The average Bonchev–Trinajstić information content (AvgIpc) is 3.20. The van der Waals surface area contributed by atoms with Gasteiger partial charge in [0.05, 0.1) is 5.56 Å². The molecule has 170 valence electrons. The van der Waals surface area contributed by atoms with E-state index in [4.69, 9.17) is 0 Å². The molecular formula is C25H27FN6O. The Kier molecular flexibility index (Phi) is 5.68. The predicted molar refractivity (Wildman–Crippen MR) is 129 cm³/mol. The van der Waals surface area contributed by atoms with Crippen LogP contribution in [-0.4, -0.2) is 46.3 Å². The highest BCUT2D eigenvalue weighted by molar-refractivity contribution is 6.14. The topological polar surface area (TPSA) is 75.1 Å². The molecule has 2 N–H and O–H groups in total. The standard InChI is InChI=1S/C25H27FN6O/c1-3-28-17-7-10-32(11-8-17)23-5-4-19(24-21(23)15-31(2)30-24)25(33)29-18-12-16-6-9-27-14-20(16)22(26)13-18/h4-6,9,12-15,17,28H,3,7-8,10-11H2,1-2H3,(H,29,33). The average molecular weight is 447 g/mol. The van der Waals surface area contributed by atoms with Gasteiger partial charge in [0, 0.05) is 66.9 Å². The quantitative estimate of drug-likeness (QED) is 0.483. The van der Waals surface area contributed by atoms with Gasteiger partial charge in [-0.05, 0) is 55.1 Å². The Morgan fingerprint density at radius 2 is 2.00 bits per heavy atom. The van der Waals surface area contributed by atoms with Crippen molar-refractivity contribution in [1.82, 2.24) is 20.1 Å². The molecular weight excluding hydrogens is 419 g/mol. The third-order valence-corrected chi connectivity index (χ3v) is 6.30. The Balaban J connectivity index is 1.43. The van der Waals surface area contributed by atoms with Crippen LogP contribution in [0.15, 0.2) is 48.9 Å². The second kappa shape index (κ2) is 8.78. The van der Waals surface area contributed by atoms with E-state index in [-0.39, 0.29) is 5.91 Å². The molecule has 0 atom stereocenters. The molecule has 1 amide bonds. The van der Waals surface area contributed by atoms with Crippen LogP contribution in [0, 0.1) is 5.82 Å². The zero-order chi connectivity index (χ0) is 22.9. The fourth-order valence-corrected chi connectivity index (χ4v) is 4.70. The first kappa shape index (κ1) is 21.3. The van der Waals surface area contributed by atoms with Crippen LogP contribution in [0.3, 0.4) is 0 Å². The summed E-state index contributed by atoms with van der Waals surface area (Å²) in [5.74, 6) is -0.737. The molecule has 1 aliphatic rings. The predicted octanol–water partition coefficient (Wildman–Crippen LogP) is 4.09. The summed E-state index contributed by atoms with van der Waals surface area (Å²) in [5, 5.41) is 13.0. The van der Waals surface area contributed by atoms with Gasteiger partial charge in [0.2, 0.25) is 0 Å². The van der Waals surface area contributed by atoms with Gasteiger partial charge in [-0.1, -0.05) is 6.92 Å². The number of pyridine rings is 1. The number of fused-ring (bicyclic) bond motifs is 2. The minimum Gasteiger partial charge on any atom is -0.371 e. The molecule has 0 radical (unpaired) electrons. The number of benzene rings is 2. The third-order valence-electron chi connectivity index (χ3n) is 6.30. The number of aromatic nitrogens is 3. The minimum atomic E-state index is -0.421. The van der Waals surface area contributed by atoms with Crippen molar-refractivity contribution in [1.29, 1.82) is 0 Å². The second-order valence-electron chi connectivity index (χ2n) is 8.53. The highest BCUT2D eigenvalue weighted by Crippen LogP contribution is 2.31. The van der Waals surface area contributed by atoms with Gasteiger partial charge >= 0.3 is 0 Å². The molecule has 1 saturated heterocycles. The lowest BCUT2D eigenvalue weighted by Gasteiger charge is -2.34. The van der Waals surface area contributed by atoms with Crippen LogP contribution < -0.4 is 15.5 Å². The van der Waals surface area contributed by atoms with Gasteiger partial charge in [0.25, 0.3) is 5.91 Å². The number of hydrogen-bond acceptors (Lipinski definition) is 5. The van der Waals surface area contributed by atoms with Crippen molar-refractivity contribution in [3.63, 3.8) is 0 Å². The van der Waals surface area contributed by atoms with Crippen LogP contribution in [0.5, 0.6) is 0 Å². The molecule has 3 heterocycles. The zero-order valence-corrected chi connectivity index (χ0v) is 18.8. The summed E-state index contributed by atoms with van der Waals surface area (Å²) in [6.07, 6.45) is 7.21. The first-order valence-electron chi connectivity index (χ1n) is 11.3. The van der Waals surface area contributed by atoms with E-state index in [2.05, 4.69) is 32.5 Å². The normalized spacial score (nSPS) is 14.8. The monoisotopic (exact) mass is 446 g/mol. The summed E-state index contributed by atoms with van der Waals surface area (Å²) < 4.78 is 16.2. The fourth-order valence-electron chi connectivity index (χ4n) is 4.70. The van der Waals surface area contributed by atoms with Crippen LogP contribution in [0.4, 0.5) is 15.8 Å². The number of nitrogens with zero attached hydrogens (tertiary/aromatic N) is 4. The maximum Gasteiger partial charge on any atom is 0.257 e. The summed E-state index contributed by atoms with van der Waals surface area (Å²) in [4.78, 5) is 19.5. The summed E-state index contributed by atoms with van der Waals surface area (Å²) in [7, 11) is 1.86. The number of carbonyl (C=O) groups excluding carboxylic acids is 1. The highest BCUT2D eigenvalue weighted by atomic mass is 19.1. The number of aryl methyl sites for hydroxylation is 1. The lowest BCUT2D eigenvalue weighted by molar-refractivity contribution is 0.102. The first-order chi connectivity index (χ1) is 16.0. The van der Waals surface area contributed by atoms with Gasteiger partial charge in [-0.3, -0.25) is 14.5 Å². The van der Waals surface area contributed by atoms with Crippen molar-refractivity contribution < 1.29 is 9.18 Å². The van der Waals surface area contributed by atoms with Crippen LogP contribution in [0.2, 0.25) is 0 Å². The molecule has 2 aromatic carbocycles. The molecule has 0 aliphatic carbocycles. The molecule has 5 rings (SSSR count). The molecule has 0 unspecified atom stereocenters. The number of carbonyl (C=O) groups is 1. The Morgan fingerprint density at radius 1 is 1.18 bits per heavy atom. The number of rotatable bonds is 5. The van der Waals surface area contributed by atoms with Crippen LogP contribution in [0.25, 0.3) is 21.7 Å². The van der Waals surface area contributed by atoms with Crippen molar-refractivity contribution in [3.05, 3.63) is 60.3 Å². The lowest BCUT2D eigenvalue weighted by Crippen LogP contribution is -2.42. The van der Waals surface area contributed by atoms with Gasteiger partial charge < -0.3 is 15.5 Å². The number of hydrogen-bond donors (Lipinski definition) is 2. The molecule has 1 fully saturated rings. The molecule has 4 aromatic rings. The second-order valence-corrected chi connectivity index (χ2v) is 8.53. The maximum atomic E-state index is 14.5. The fraction of sp³-hybridized carbons (Fsp3) is 0.320. The Bertz CT molecular complexity index is 1330. The Hall–Kier alpha value is -3.52. The molecule has 8 heteroatoms. The number of halogens is 1. The van der Waals surface area contributed by atoms with E-state index >= 15 is 0 Å². The third kappa shape index (κ3) is 4.14. The summed E-state index contributed by atoms with van der Waals surface area (Å²) in [6.45, 7) is 5.04. The van der Waals surface area contributed by atoms with Gasteiger partial charge in [-0.2, -0.15) is 5.10 Å². The van der Waals surface area contributed by atoms with E-state index in [9.17, 15) is 9.18 Å². The largest absolute Gasteiger partial charge is 0.371 e. The number of nitrogens with one attached hydrogen (secondary N) is 2. The molecule has 1 aliphatic heterocycles. The number of amides is 1. The molecule has 0 bridgehead atoms. The van der Waals surface area contributed by atoms with Crippen molar-refractivity contribution in [2.75, 3.05) is 29.9 Å². The highest BCUT2D eigenvalue weighted by Gasteiger charge is 2.23. The van der Waals surface area contributed by atoms with E-state index in [0.29, 0.717) is 33.6 Å². The van der Waals surface area contributed by atoms with Gasteiger partial charge in [-0.15, -0.1) is 0 Å². The summed E-state index contributed by atoms with van der Waals surface area (Å²) in [5.41, 5.74) is 2.60. The maximum absolute atomic E-state index is 14.5. The first-order valence-corrected chi connectivity index (χ1v) is 11.3. The molecule has 0 saturated carbocycles. The van der Waals surface area contributed by atoms with E-state index in [1.165, 1.54) is 12.3 Å². The minimum absolute atomic E-state index is 0.316. The molecule has 2 aromatic heterocycles. The van der Waals surface area contributed by atoms with Crippen molar-refractivity contribution in [2.45, 2.75) is 25.8 Å². The molecule has 33 heavy (non-hydrogen) atoms. The van der Waals surface area contributed by atoms with Crippen molar-refractivity contribution >= 4 is 39.0 Å². The number of piperidine rings is 1. The summed E-state index contributed by atoms with van der Waals surface area (Å²) in [6, 6.07) is 9.16.